The molecule has 4 rings (SSSR count). The van der Waals surface area contributed by atoms with E-state index in [4.69, 9.17) is 0 Å². The fourth-order valence-electron chi connectivity index (χ4n) is 4.31. The van der Waals surface area contributed by atoms with Crippen LogP contribution in [0.4, 0.5) is 0 Å². The van der Waals surface area contributed by atoms with E-state index >= 15 is 0 Å². The van der Waals surface area contributed by atoms with Gasteiger partial charge in [0.25, 0.3) is 5.91 Å². The molecule has 0 radical (unpaired) electrons. The Morgan fingerprint density at radius 3 is 2.72 bits per heavy atom. The molecular weight excluding hydrogens is 316 g/mol. The average molecular weight is 340 g/mol. The van der Waals surface area contributed by atoms with Crippen LogP contribution < -0.4 is 0 Å². The molecule has 2 fully saturated rings. The molecule has 0 aromatic carbocycles. The molecule has 2 aromatic heterocycles. The Morgan fingerprint density at radius 1 is 1.28 bits per heavy atom. The first kappa shape index (κ1) is 16.1. The number of piperidine rings is 1. The molecule has 4 heterocycles. The highest BCUT2D eigenvalue weighted by Crippen LogP contribution is 2.41. The number of carbonyl (C=O) groups is 2. The third-order valence-electron chi connectivity index (χ3n) is 5.81. The van der Waals surface area contributed by atoms with Gasteiger partial charge in [-0.05, 0) is 38.8 Å². The number of hydrogen-bond acceptors (Lipinski definition) is 3. The fraction of sp³-hybridized carbons (Fsp3) is 0.526. The second-order valence-electron chi connectivity index (χ2n) is 7.35. The number of carbonyl (C=O) groups excluding carboxylic acids is 2. The summed E-state index contributed by atoms with van der Waals surface area (Å²) in [4.78, 5) is 33.5. The van der Waals surface area contributed by atoms with Crippen LogP contribution in [0.25, 0.3) is 5.65 Å². The Labute approximate surface area is 147 Å². The van der Waals surface area contributed by atoms with E-state index < -0.39 is 0 Å². The van der Waals surface area contributed by atoms with E-state index in [1.807, 2.05) is 52.4 Å². The van der Waals surface area contributed by atoms with Crippen molar-refractivity contribution in [2.24, 2.45) is 5.41 Å². The highest BCUT2D eigenvalue weighted by Gasteiger charge is 2.45. The molecule has 0 aliphatic carbocycles. The van der Waals surface area contributed by atoms with Crippen molar-refractivity contribution in [2.75, 3.05) is 26.2 Å². The monoisotopic (exact) mass is 340 g/mol. The van der Waals surface area contributed by atoms with Gasteiger partial charge in [-0.1, -0.05) is 6.07 Å². The molecule has 6 heteroatoms. The van der Waals surface area contributed by atoms with E-state index in [-0.39, 0.29) is 17.2 Å². The summed E-state index contributed by atoms with van der Waals surface area (Å²) in [6, 6.07) is 5.76. The van der Waals surface area contributed by atoms with Gasteiger partial charge in [0.15, 0.2) is 0 Å². The van der Waals surface area contributed by atoms with Crippen LogP contribution in [0.2, 0.25) is 0 Å². The maximum atomic E-state index is 13.1. The van der Waals surface area contributed by atoms with Gasteiger partial charge in [0, 0.05) is 44.2 Å². The van der Waals surface area contributed by atoms with Crippen molar-refractivity contribution in [1.82, 2.24) is 19.2 Å². The molecule has 25 heavy (non-hydrogen) atoms. The molecule has 0 atom stereocenters. The van der Waals surface area contributed by atoms with E-state index in [2.05, 4.69) is 4.98 Å². The second kappa shape index (κ2) is 5.86. The number of nitrogens with zero attached hydrogens (tertiary/aromatic N) is 4. The van der Waals surface area contributed by atoms with Gasteiger partial charge in [0.1, 0.15) is 11.3 Å². The molecule has 0 unspecified atom stereocenters. The van der Waals surface area contributed by atoms with Crippen LogP contribution in [0.3, 0.4) is 0 Å². The summed E-state index contributed by atoms with van der Waals surface area (Å²) < 4.78 is 1.87. The molecular formula is C19H24N4O2. The predicted molar refractivity (Wildman–Crippen MR) is 94.4 cm³/mol. The SMILES string of the molecule is CCN1CC2(CCN(C(=O)c3c(C)nc4ccccn34)CC2)CC1=O. The Bertz CT molecular complexity index is 833. The largest absolute Gasteiger partial charge is 0.342 e. The Hall–Kier alpha value is -2.37. The molecule has 2 aromatic rings. The van der Waals surface area contributed by atoms with Crippen LogP contribution in [0.1, 0.15) is 42.4 Å². The molecule has 2 aliphatic rings. The maximum absolute atomic E-state index is 13.1. The van der Waals surface area contributed by atoms with E-state index in [0.29, 0.717) is 25.2 Å². The zero-order chi connectivity index (χ0) is 17.6. The Balaban J connectivity index is 1.52. The lowest BCUT2D eigenvalue weighted by molar-refractivity contribution is -0.127. The number of likely N-dealkylation sites (tertiary alicyclic amines) is 2. The summed E-state index contributed by atoms with van der Waals surface area (Å²) in [6.07, 6.45) is 4.33. The zero-order valence-electron chi connectivity index (χ0n) is 14.9. The van der Waals surface area contributed by atoms with Crippen molar-refractivity contribution in [3.05, 3.63) is 35.8 Å². The fourth-order valence-corrected chi connectivity index (χ4v) is 4.31. The normalized spacial score (nSPS) is 20.0. The van der Waals surface area contributed by atoms with Gasteiger partial charge in [0.2, 0.25) is 5.91 Å². The van der Waals surface area contributed by atoms with E-state index in [9.17, 15) is 9.59 Å². The Kier molecular flexibility index (Phi) is 3.78. The van der Waals surface area contributed by atoms with Crippen LogP contribution >= 0.6 is 0 Å². The molecule has 132 valence electrons. The number of hydrogen-bond donors (Lipinski definition) is 0. The number of rotatable bonds is 2. The highest BCUT2D eigenvalue weighted by atomic mass is 16.2. The van der Waals surface area contributed by atoms with E-state index in [0.717, 1.165) is 37.3 Å². The van der Waals surface area contributed by atoms with E-state index in [1.165, 1.54) is 0 Å². The lowest BCUT2D eigenvalue weighted by atomic mass is 9.77. The summed E-state index contributed by atoms with van der Waals surface area (Å²) in [5.74, 6) is 0.308. The average Bonchev–Trinajstić information content (AvgIpc) is 3.11. The number of amides is 2. The topological polar surface area (TPSA) is 57.9 Å². The van der Waals surface area contributed by atoms with Gasteiger partial charge in [-0.3, -0.25) is 14.0 Å². The summed E-state index contributed by atoms with van der Waals surface area (Å²) in [7, 11) is 0. The summed E-state index contributed by atoms with van der Waals surface area (Å²) in [5.41, 5.74) is 2.30. The molecule has 0 N–H and O–H groups in total. The van der Waals surface area contributed by atoms with Crippen molar-refractivity contribution in [2.45, 2.75) is 33.1 Å². The van der Waals surface area contributed by atoms with Crippen LogP contribution in [0, 0.1) is 12.3 Å². The first-order valence-corrected chi connectivity index (χ1v) is 9.04. The van der Waals surface area contributed by atoms with Crippen LogP contribution in [0.15, 0.2) is 24.4 Å². The minimum absolute atomic E-state index is 0.0442. The molecule has 0 bridgehead atoms. The first-order valence-electron chi connectivity index (χ1n) is 9.04. The third kappa shape index (κ3) is 2.60. The number of fused-ring (bicyclic) bond motifs is 1. The van der Waals surface area contributed by atoms with Crippen molar-refractivity contribution in [3.8, 4) is 0 Å². The van der Waals surface area contributed by atoms with Crippen molar-refractivity contribution in [3.63, 3.8) is 0 Å². The highest BCUT2D eigenvalue weighted by molar-refractivity contribution is 5.94. The smallest absolute Gasteiger partial charge is 0.272 e. The number of aryl methyl sites for hydroxylation is 1. The van der Waals surface area contributed by atoms with Crippen LogP contribution in [-0.4, -0.2) is 57.2 Å². The van der Waals surface area contributed by atoms with Crippen LogP contribution in [-0.2, 0) is 4.79 Å². The van der Waals surface area contributed by atoms with Crippen LogP contribution in [0.5, 0.6) is 0 Å². The molecule has 6 nitrogen and oxygen atoms in total. The quantitative estimate of drug-likeness (QED) is 0.841. The van der Waals surface area contributed by atoms with Crippen molar-refractivity contribution < 1.29 is 9.59 Å². The van der Waals surface area contributed by atoms with E-state index in [1.54, 1.807) is 0 Å². The molecule has 2 saturated heterocycles. The number of imidazole rings is 1. The first-order chi connectivity index (χ1) is 12.0. The molecule has 2 aliphatic heterocycles. The standard InChI is InChI=1S/C19H24N4O2/c1-3-21-13-19(12-16(21)24)7-10-22(11-8-19)18(25)17-14(2)20-15-6-4-5-9-23(15)17/h4-6,9H,3,7-8,10-13H2,1-2H3. The zero-order valence-corrected chi connectivity index (χ0v) is 14.9. The summed E-state index contributed by atoms with van der Waals surface area (Å²) in [5, 5.41) is 0. The molecule has 2 amide bonds. The van der Waals surface area contributed by atoms with Gasteiger partial charge < -0.3 is 9.80 Å². The van der Waals surface area contributed by atoms with Gasteiger partial charge in [0.05, 0.1) is 5.69 Å². The van der Waals surface area contributed by atoms with Gasteiger partial charge in [-0.2, -0.15) is 0 Å². The second-order valence-corrected chi connectivity index (χ2v) is 7.35. The summed E-state index contributed by atoms with van der Waals surface area (Å²) in [6.45, 7) is 6.97. The number of aromatic nitrogens is 2. The summed E-state index contributed by atoms with van der Waals surface area (Å²) >= 11 is 0. The number of pyridine rings is 1. The Morgan fingerprint density at radius 2 is 2.04 bits per heavy atom. The third-order valence-corrected chi connectivity index (χ3v) is 5.81. The predicted octanol–water partition coefficient (Wildman–Crippen LogP) is 2.12. The van der Waals surface area contributed by atoms with Gasteiger partial charge >= 0.3 is 0 Å². The van der Waals surface area contributed by atoms with Crippen molar-refractivity contribution >= 4 is 17.5 Å². The minimum atomic E-state index is 0.0442. The minimum Gasteiger partial charge on any atom is -0.342 e. The molecule has 0 saturated carbocycles. The maximum Gasteiger partial charge on any atom is 0.272 e. The van der Waals surface area contributed by atoms with Gasteiger partial charge in [-0.25, -0.2) is 4.98 Å². The lowest BCUT2D eigenvalue weighted by Crippen LogP contribution is -2.44. The van der Waals surface area contributed by atoms with Crippen molar-refractivity contribution in [1.29, 1.82) is 0 Å². The lowest BCUT2D eigenvalue weighted by Gasteiger charge is -2.38. The van der Waals surface area contributed by atoms with Gasteiger partial charge in [-0.15, -0.1) is 0 Å². The molecule has 1 spiro atoms.